The van der Waals surface area contributed by atoms with Crippen LogP contribution in [0.4, 0.5) is 10.8 Å². The van der Waals surface area contributed by atoms with Crippen LogP contribution in [0.5, 0.6) is 0 Å². The van der Waals surface area contributed by atoms with E-state index in [0.29, 0.717) is 49.1 Å². The number of hydrogen-bond acceptors (Lipinski definition) is 6. The van der Waals surface area contributed by atoms with Gasteiger partial charge in [0, 0.05) is 32.1 Å². The summed E-state index contributed by atoms with van der Waals surface area (Å²) in [4.78, 5) is 45.0. The number of benzene rings is 4. The molecule has 1 heterocycles. The number of anilines is 2. The first-order valence-corrected chi connectivity index (χ1v) is 17.2. The Labute approximate surface area is 295 Å². The molecule has 47 heavy (non-hydrogen) atoms. The largest absolute Gasteiger partial charge is 0.321 e. The number of nitrogens with zero attached hydrogens (tertiary/aromatic N) is 1. The number of amides is 3. The molecule has 1 atom stereocenters. The van der Waals surface area contributed by atoms with Gasteiger partial charge in [-0.15, -0.1) is 23.1 Å². The lowest BCUT2D eigenvalue weighted by Gasteiger charge is -2.15. The molecule has 3 amide bonds. The predicted molar refractivity (Wildman–Crippen MR) is 195 cm³/mol. The van der Waals surface area contributed by atoms with E-state index in [1.165, 1.54) is 23.1 Å². The number of carbonyl (C=O) groups is 3. The highest BCUT2D eigenvalue weighted by Crippen LogP contribution is 2.32. The molecule has 5 rings (SSSR count). The van der Waals surface area contributed by atoms with Crippen LogP contribution in [0, 0.1) is 0 Å². The Morgan fingerprint density at radius 1 is 0.872 bits per heavy atom. The minimum atomic E-state index is -0.516. The van der Waals surface area contributed by atoms with E-state index < -0.39 is 17.1 Å². The number of nitrogens with one attached hydrogen (secondary N) is 3. The summed E-state index contributed by atoms with van der Waals surface area (Å²) in [6, 6.07) is 27.9. The summed E-state index contributed by atoms with van der Waals surface area (Å²) >= 11 is 20.9. The molecule has 0 radical (unpaired) electrons. The number of thiazole rings is 1. The zero-order valence-electron chi connectivity index (χ0n) is 24.8. The smallest absolute Gasteiger partial charge is 0.272 e. The molecule has 4 aromatic carbocycles. The van der Waals surface area contributed by atoms with Gasteiger partial charge in [0.25, 0.3) is 11.8 Å². The third-order valence-corrected chi connectivity index (χ3v) is 9.80. The number of thioether (sulfide) groups is 1. The van der Waals surface area contributed by atoms with Crippen LogP contribution in [0.15, 0.2) is 113 Å². The van der Waals surface area contributed by atoms with E-state index in [4.69, 9.17) is 34.8 Å². The molecule has 0 bridgehead atoms. The summed E-state index contributed by atoms with van der Waals surface area (Å²) in [5.74, 6) is -1.14. The van der Waals surface area contributed by atoms with Crippen molar-refractivity contribution in [2.45, 2.75) is 23.5 Å². The molecule has 3 N–H and O–H groups in total. The van der Waals surface area contributed by atoms with Gasteiger partial charge in [0.15, 0.2) is 5.13 Å². The number of halogens is 3. The number of rotatable bonds is 11. The normalized spacial score (nSPS) is 11.9. The molecule has 1 aromatic heterocycles. The quantitative estimate of drug-likeness (QED) is 0.0932. The highest BCUT2D eigenvalue weighted by molar-refractivity contribution is 8.00. The first-order valence-electron chi connectivity index (χ1n) is 14.3. The van der Waals surface area contributed by atoms with Crippen molar-refractivity contribution in [1.29, 1.82) is 0 Å². The van der Waals surface area contributed by atoms with Gasteiger partial charge in [-0.05, 0) is 72.7 Å². The fraction of sp³-hybridized carbons (Fsp3) is 0.0857. The Kier molecular flexibility index (Phi) is 11.7. The third kappa shape index (κ3) is 9.47. The third-order valence-electron chi connectivity index (χ3n) is 6.69. The van der Waals surface area contributed by atoms with Crippen molar-refractivity contribution in [1.82, 2.24) is 10.3 Å². The average molecular weight is 722 g/mol. The molecule has 12 heteroatoms. The van der Waals surface area contributed by atoms with Crippen molar-refractivity contribution in [3.8, 4) is 11.3 Å². The summed E-state index contributed by atoms with van der Waals surface area (Å²) < 4.78 is 0. The molecule has 0 aliphatic heterocycles. The van der Waals surface area contributed by atoms with E-state index in [0.717, 1.165) is 10.5 Å². The van der Waals surface area contributed by atoms with E-state index in [-0.39, 0.29) is 11.6 Å². The average Bonchev–Trinajstić information content (AvgIpc) is 3.54. The van der Waals surface area contributed by atoms with E-state index in [1.54, 1.807) is 91.0 Å². The first kappa shape index (κ1) is 34.2. The van der Waals surface area contributed by atoms with Crippen LogP contribution < -0.4 is 16.0 Å². The van der Waals surface area contributed by atoms with Crippen molar-refractivity contribution in [3.05, 3.63) is 134 Å². The molecule has 238 valence electrons. The van der Waals surface area contributed by atoms with Crippen LogP contribution >= 0.6 is 57.9 Å². The van der Waals surface area contributed by atoms with Crippen LogP contribution in [0.3, 0.4) is 0 Å². The monoisotopic (exact) mass is 720 g/mol. The van der Waals surface area contributed by atoms with Crippen molar-refractivity contribution < 1.29 is 14.4 Å². The molecule has 0 saturated carbocycles. The zero-order valence-corrected chi connectivity index (χ0v) is 28.7. The van der Waals surface area contributed by atoms with Crippen molar-refractivity contribution >= 4 is 92.5 Å². The van der Waals surface area contributed by atoms with E-state index in [9.17, 15) is 14.4 Å². The van der Waals surface area contributed by atoms with Crippen LogP contribution in [-0.2, 0) is 9.59 Å². The van der Waals surface area contributed by atoms with Gasteiger partial charge in [0.1, 0.15) is 5.70 Å². The molecule has 7 nitrogen and oxygen atoms in total. The topological polar surface area (TPSA) is 100 Å². The SMILES string of the molecule is CCC(Sc1cccc(NC(=O)/C(=C/c2ccc(Cl)cc2)NC(=O)c2ccccc2)c1)C(=O)Nc1nc(-c2ccc(Cl)c(Cl)c2)cs1. The Balaban J connectivity index is 1.27. The minimum Gasteiger partial charge on any atom is -0.321 e. The molecular formula is C35H27Cl3N4O3S2. The number of hydrogen-bond donors (Lipinski definition) is 3. The van der Waals surface area contributed by atoms with Crippen molar-refractivity contribution in [2.24, 2.45) is 0 Å². The van der Waals surface area contributed by atoms with Gasteiger partial charge in [-0.3, -0.25) is 14.4 Å². The lowest BCUT2D eigenvalue weighted by Crippen LogP contribution is -2.30. The lowest BCUT2D eigenvalue weighted by molar-refractivity contribution is -0.116. The summed E-state index contributed by atoms with van der Waals surface area (Å²) in [6.45, 7) is 1.93. The summed E-state index contributed by atoms with van der Waals surface area (Å²) in [7, 11) is 0. The predicted octanol–water partition coefficient (Wildman–Crippen LogP) is 9.69. The Bertz CT molecular complexity index is 1930. The number of aromatic nitrogens is 1. The van der Waals surface area contributed by atoms with Gasteiger partial charge >= 0.3 is 0 Å². The first-order chi connectivity index (χ1) is 22.7. The van der Waals surface area contributed by atoms with Crippen LogP contribution in [0.2, 0.25) is 15.1 Å². The molecule has 5 aromatic rings. The number of carbonyl (C=O) groups excluding carboxylic acids is 3. The van der Waals surface area contributed by atoms with E-state index >= 15 is 0 Å². The van der Waals surface area contributed by atoms with Crippen molar-refractivity contribution in [2.75, 3.05) is 10.6 Å². The molecule has 0 fully saturated rings. The second-order valence-corrected chi connectivity index (χ2v) is 13.5. The maximum absolute atomic E-state index is 13.5. The second-order valence-electron chi connectivity index (χ2n) is 10.1. The van der Waals surface area contributed by atoms with E-state index in [1.807, 2.05) is 24.4 Å². The maximum Gasteiger partial charge on any atom is 0.272 e. The standard InChI is InChI=1S/C35H27Cl3N4O3S2/c1-2-31(34(45)42-35-41-30(20-46-35)23-13-16-27(37)28(38)18-23)47-26-10-6-9-25(19-26)39-33(44)29(17-21-11-14-24(36)15-12-21)40-32(43)22-7-4-3-5-8-22/h3-20,31H,2H2,1H3,(H,39,44)(H,40,43)(H,41,42,45)/b29-17-. The molecule has 1 unspecified atom stereocenters. The van der Waals surface area contributed by atoms with Gasteiger partial charge in [-0.2, -0.15) is 0 Å². The molecule has 0 aliphatic carbocycles. The molecule has 0 spiro atoms. The highest BCUT2D eigenvalue weighted by atomic mass is 35.5. The molecule has 0 saturated heterocycles. The van der Waals surface area contributed by atoms with Gasteiger partial charge in [-0.1, -0.05) is 84.2 Å². The Morgan fingerprint density at radius 3 is 2.36 bits per heavy atom. The van der Waals surface area contributed by atoms with Gasteiger partial charge < -0.3 is 16.0 Å². The highest BCUT2D eigenvalue weighted by Gasteiger charge is 2.21. The van der Waals surface area contributed by atoms with Gasteiger partial charge in [0.05, 0.1) is 21.0 Å². The summed E-state index contributed by atoms with van der Waals surface area (Å²) in [5.41, 5.74) is 3.11. The minimum absolute atomic E-state index is 0.0498. The van der Waals surface area contributed by atoms with E-state index in [2.05, 4.69) is 20.9 Å². The van der Waals surface area contributed by atoms with Gasteiger partial charge in [0.2, 0.25) is 5.91 Å². The zero-order chi connectivity index (χ0) is 33.3. The van der Waals surface area contributed by atoms with Crippen molar-refractivity contribution in [3.63, 3.8) is 0 Å². The molecular weight excluding hydrogens is 695 g/mol. The fourth-order valence-electron chi connectivity index (χ4n) is 4.31. The Morgan fingerprint density at radius 2 is 1.64 bits per heavy atom. The lowest BCUT2D eigenvalue weighted by atomic mass is 10.1. The van der Waals surface area contributed by atoms with Gasteiger partial charge in [-0.25, -0.2) is 4.98 Å². The van der Waals surface area contributed by atoms with Crippen LogP contribution in [-0.4, -0.2) is 28.0 Å². The summed E-state index contributed by atoms with van der Waals surface area (Å²) in [5, 5.41) is 11.8. The molecule has 0 aliphatic rings. The maximum atomic E-state index is 13.5. The van der Waals surface area contributed by atoms with Crippen LogP contribution in [0.25, 0.3) is 17.3 Å². The second kappa shape index (κ2) is 16.1. The summed E-state index contributed by atoms with van der Waals surface area (Å²) in [6.07, 6.45) is 2.13. The fourth-order valence-corrected chi connectivity index (χ4v) is 6.47. The van der Waals surface area contributed by atoms with Crippen LogP contribution in [0.1, 0.15) is 29.3 Å². The Hall–Kier alpha value is -4.12.